The molecule has 0 bridgehead atoms. The molecule has 0 saturated carbocycles. The summed E-state index contributed by atoms with van der Waals surface area (Å²) < 4.78 is 1.88. The Morgan fingerprint density at radius 1 is 1.25 bits per heavy atom. The van der Waals surface area contributed by atoms with E-state index in [2.05, 4.69) is 10.4 Å². The van der Waals surface area contributed by atoms with E-state index in [1.54, 1.807) is 18.5 Å². The van der Waals surface area contributed by atoms with Crippen molar-refractivity contribution in [3.05, 3.63) is 58.6 Å². The summed E-state index contributed by atoms with van der Waals surface area (Å²) in [4.78, 5) is 15.2. The summed E-state index contributed by atoms with van der Waals surface area (Å²) in [6.07, 6.45) is 3.46. The first-order valence-electron chi connectivity index (χ1n) is 4.86. The van der Waals surface area contributed by atoms with Crippen molar-refractivity contribution in [3.63, 3.8) is 0 Å². The van der Waals surface area contributed by atoms with Crippen LogP contribution in [0.25, 0.3) is 0 Å². The Bertz CT molecular complexity index is 515. The molecule has 0 unspecified atom stereocenters. The Balaban J connectivity index is 2.20. The molecule has 5 heteroatoms. The lowest BCUT2D eigenvalue weighted by atomic mass is 10.3. The van der Waals surface area contributed by atoms with Crippen molar-refractivity contribution in [2.24, 2.45) is 5.84 Å². The van der Waals surface area contributed by atoms with Gasteiger partial charge < -0.3 is 9.99 Å². The van der Waals surface area contributed by atoms with E-state index in [0.717, 1.165) is 5.69 Å². The third kappa shape index (κ3) is 2.46. The number of pyridine rings is 2. The largest absolute Gasteiger partial charge is 0.348 e. The first-order chi connectivity index (χ1) is 7.78. The number of nitrogens with one attached hydrogen (secondary N) is 1. The first kappa shape index (κ1) is 10.4. The summed E-state index contributed by atoms with van der Waals surface area (Å²) in [6.45, 7) is 0.607. The summed E-state index contributed by atoms with van der Waals surface area (Å²) in [5.74, 6) is 5.89. The van der Waals surface area contributed by atoms with Crippen LogP contribution in [0.5, 0.6) is 0 Å². The van der Waals surface area contributed by atoms with Crippen LogP contribution in [0.4, 0.5) is 5.82 Å². The lowest BCUT2D eigenvalue weighted by Gasteiger charge is -2.06. The zero-order valence-electron chi connectivity index (χ0n) is 8.63. The molecule has 0 atom stereocenters. The smallest absolute Gasteiger partial charge is 0.181 e. The van der Waals surface area contributed by atoms with E-state index in [-0.39, 0.29) is 5.43 Å². The molecule has 2 aromatic rings. The van der Waals surface area contributed by atoms with Gasteiger partial charge in [0.2, 0.25) is 0 Å². The Hall–Kier alpha value is -2.14. The van der Waals surface area contributed by atoms with Gasteiger partial charge in [0.1, 0.15) is 5.82 Å². The predicted molar refractivity (Wildman–Crippen MR) is 61.9 cm³/mol. The molecule has 2 aromatic heterocycles. The maximum atomic E-state index is 10.9. The number of hydrazine groups is 1. The van der Waals surface area contributed by atoms with Gasteiger partial charge in [-0.05, 0) is 12.1 Å². The van der Waals surface area contributed by atoms with Crippen LogP contribution in [0.2, 0.25) is 0 Å². The molecule has 16 heavy (non-hydrogen) atoms. The first-order valence-corrected chi connectivity index (χ1v) is 4.86. The summed E-state index contributed by atoms with van der Waals surface area (Å²) in [5.41, 5.74) is 3.37. The summed E-state index contributed by atoms with van der Waals surface area (Å²) >= 11 is 0. The van der Waals surface area contributed by atoms with Crippen LogP contribution in [-0.2, 0) is 6.54 Å². The van der Waals surface area contributed by atoms with Crippen LogP contribution in [-0.4, -0.2) is 9.55 Å². The highest BCUT2D eigenvalue weighted by Gasteiger charge is 1.97. The van der Waals surface area contributed by atoms with E-state index < -0.39 is 0 Å². The second-order valence-corrected chi connectivity index (χ2v) is 3.36. The monoisotopic (exact) mass is 216 g/mol. The van der Waals surface area contributed by atoms with Gasteiger partial charge in [0.05, 0.1) is 12.2 Å². The normalized spacial score (nSPS) is 10.1. The number of nitrogens with two attached hydrogens (primary N) is 1. The topological polar surface area (TPSA) is 72.9 Å². The van der Waals surface area contributed by atoms with Gasteiger partial charge in [-0.3, -0.25) is 4.79 Å². The number of aromatic nitrogens is 2. The lowest BCUT2D eigenvalue weighted by molar-refractivity contribution is 0.766. The van der Waals surface area contributed by atoms with E-state index in [9.17, 15) is 4.79 Å². The third-order valence-electron chi connectivity index (χ3n) is 2.16. The van der Waals surface area contributed by atoms with Gasteiger partial charge in [0.15, 0.2) is 5.43 Å². The van der Waals surface area contributed by atoms with Gasteiger partial charge in [-0.2, -0.15) is 0 Å². The second kappa shape index (κ2) is 4.59. The van der Waals surface area contributed by atoms with Gasteiger partial charge in [-0.1, -0.05) is 6.07 Å². The summed E-state index contributed by atoms with van der Waals surface area (Å²) in [6, 6.07) is 8.60. The van der Waals surface area contributed by atoms with E-state index >= 15 is 0 Å². The van der Waals surface area contributed by atoms with Crippen molar-refractivity contribution in [1.82, 2.24) is 9.55 Å². The van der Waals surface area contributed by atoms with Crippen LogP contribution < -0.4 is 16.7 Å². The van der Waals surface area contributed by atoms with Gasteiger partial charge in [-0.15, -0.1) is 0 Å². The maximum absolute atomic E-state index is 10.9. The van der Waals surface area contributed by atoms with E-state index in [4.69, 9.17) is 5.84 Å². The molecule has 0 aliphatic carbocycles. The zero-order valence-corrected chi connectivity index (χ0v) is 8.63. The SMILES string of the molecule is NNc1cccc(Cn2ccc(=O)cc2)n1. The lowest BCUT2D eigenvalue weighted by Crippen LogP contribution is -2.10. The Labute approximate surface area is 92.5 Å². The minimum absolute atomic E-state index is 0.00147. The molecule has 2 rings (SSSR count). The van der Waals surface area contributed by atoms with Crippen molar-refractivity contribution in [1.29, 1.82) is 0 Å². The van der Waals surface area contributed by atoms with Crippen molar-refractivity contribution >= 4 is 5.82 Å². The van der Waals surface area contributed by atoms with Crippen LogP contribution in [0.3, 0.4) is 0 Å². The average Bonchev–Trinajstić information content (AvgIpc) is 2.32. The van der Waals surface area contributed by atoms with Gasteiger partial charge in [0, 0.05) is 24.5 Å². The number of hydrogen-bond acceptors (Lipinski definition) is 4. The molecular formula is C11H12N4O. The molecule has 0 aliphatic heterocycles. The fourth-order valence-electron chi connectivity index (χ4n) is 1.38. The zero-order chi connectivity index (χ0) is 11.4. The average molecular weight is 216 g/mol. The van der Waals surface area contributed by atoms with Gasteiger partial charge >= 0.3 is 0 Å². The molecule has 0 amide bonds. The molecule has 0 aromatic carbocycles. The molecule has 0 radical (unpaired) electrons. The highest BCUT2D eigenvalue weighted by Crippen LogP contribution is 2.04. The Morgan fingerprint density at radius 2 is 2.00 bits per heavy atom. The summed E-state index contributed by atoms with van der Waals surface area (Å²) in [7, 11) is 0. The molecule has 3 N–H and O–H groups in total. The molecule has 0 fully saturated rings. The van der Waals surface area contributed by atoms with Gasteiger partial charge in [-0.25, -0.2) is 10.8 Å². The van der Waals surface area contributed by atoms with Crippen LogP contribution in [0.1, 0.15) is 5.69 Å². The van der Waals surface area contributed by atoms with Crippen LogP contribution in [0, 0.1) is 0 Å². The van der Waals surface area contributed by atoms with Crippen LogP contribution >= 0.6 is 0 Å². The maximum Gasteiger partial charge on any atom is 0.181 e. The van der Waals surface area contributed by atoms with Crippen molar-refractivity contribution in [2.75, 3.05) is 5.43 Å². The van der Waals surface area contributed by atoms with Crippen LogP contribution in [0.15, 0.2) is 47.5 Å². The fourth-order valence-corrected chi connectivity index (χ4v) is 1.38. The van der Waals surface area contributed by atoms with Crippen molar-refractivity contribution in [2.45, 2.75) is 6.54 Å². The number of rotatable bonds is 3. The van der Waals surface area contributed by atoms with Crippen molar-refractivity contribution in [3.8, 4) is 0 Å². The van der Waals surface area contributed by atoms with E-state index in [0.29, 0.717) is 12.4 Å². The standard InChI is InChI=1S/C11H12N4O/c12-14-11-3-1-2-9(13-11)8-15-6-4-10(16)5-7-15/h1-7H,8,12H2,(H,13,14). The molecular weight excluding hydrogens is 204 g/mol. The number of nitrogen functional groups attached to an aromatic ring is 1. The molecule has 2 heterocycles. The van der Waals surface area contributed by atoms with Crippen molar-refractivity contribution < 1.29 is 0 Å². The molecule has 5 nitrogen and oxygen atoms in total. The highest BCUT2D eigenvalue weighted by atomic mass is 16.1. The van der Waals surface area contributed by atoms with E-state index in [1.807, 2.05) is 16.7 Å². The van der Waals surface area contributed by atoms with Gasteiger partial charge in [0.25, 0.3) is 0 Å². The number of hydrogen-bond donors (Lipinski definition) is 2. The molecule has 82 valence electrons. The highest BCUT2D eigenvalue weighted by molar-refractivity contribution is 5.33. The molecule has 0 saturated heterocycles. The third-order valence-corrected chi connectivity index (χ3v) is 2.16. The summed E-state index contributed by atoms with van der Waals surface area (Å²) in [5, 5.41) is 0. The minimum atomic E-state index is 0.00147. The minimum Gasteiger partial charge on any atom is -0.348 e. The quantitative estimate of drug-likeness (QED) is 0.581. The number of anilines is 1. The molecule has 0 spiro atoms. The van der Waals surface area contributed by atoms with E-state index in [1.165, 1.54) is 12.1 Å². The predicted octanol–water partition coefficient (Wildman–Crippen LogP) is 0.577. The second-order valence-electron chi connectivity index (χ2n) is 3.36. The molecule has 0 aliphatic rings. The fraction of sp³-hybridized carbons (Fsp3) is 0.0909. The Morgan fingerprint density at radius 3 is 2.69 bits per heavy atom. The Kier molecular flexibility index (Phi) is 2.98. The number of nitrogens with zero attached hydrogens (tertiary/aromatic N) is 2.